The summed E-state index contributed by atoms with van der Waals surface area (Å²) >= 11 is 0. The number of carbonyl (C=O) groups is 1. The van der Waals surface area contributed by atoms with Crippen LogP contribution < -0.4 is 4.74 Å². The van der Waals surface area contributed by atoms with Crippen LogP contribution >= 0.6 is 0 Å². The van der Waals surface area contributed by atoms with E-state index in [1.807, 2.05) is 54.6 Å². The lowest BCUT2D eigenvalue weighted by Crippen LogP contribution is -2.43. The molecule has 5 rings (SSSR count). The van der Waals surface area contributed by atoms with Gasteiger partial charge in [-0.2, -0.15) is 0 Å². The molecule has 230 valence electrons. The van der Waals surface area contributed by atoms with Crippen LogP contribution in [0.2, 0.25) is 18.1 Å². The molecule has 42 heavy (non-hydrogen) atoms. The number of fused-ring (bicyclic) bond motifs is 3. The molecule has 1 N–H and O–H groups in total. The fourth-order valence-electron chi connectivity index (χ4n) is 7.63. The smallest absolute Gasteiger partial charge is 0.338 e. The highest BCUT2D eigenvalue weighted by Gasteiger charge is 2.57. The number of aliphatic hydroxyl groups is 1. The third kappa shape index (κ3) is 6.80. The maximum atomic E-state index is 13.2. The molecule has 2 aromatic carbocycles. The molecule has 7 heteroatoms. The number of hydrogen-bond donors (Lipinski definition) is 1. The van der Waals surface area contributed by atoms with Crippen LogP contribution in [0.3, 0.4) is 0 Å². The topological polar surface area (TPSA) is 74.2 Å². The first-order valence-electron chi connectivity index (χ1n) is 15.8. The van der Waals surface area contributed by atoms with Gasteiger partial charge in [-0.1, -0.05) is 51.1 Å². The van der Waals surface area contributed by atoms with Gasteiger partial charge in [0.05, 0.1) is 25.4 Å². The van der Waals surface area contributed by atoms with Crippen molar-refractivity contribution in [2.24, 2.45) is 29.6 Å². The van der Waals surface area contributed by atoms with Crippen molar-refractivity contribution >= 4 is 14.3 Å². The summed E-state index contributed by atoms with van der Waals surface area (Å²) in [6.07, 6.45) is 4.04. The van der Waals surface area contributed by atoms with Crippen LogP contribution in [0.1, 0.15) is 68.8 Å². The van der Waals surface area contributed by atoms with Crippen molar-refractivity contribution in [1.82, 2.24) is 0 Å². The molecule has 3 aliphatic carbocycles. The highest BCUT2D eigenvalue weighted by atomic mass is 28.4. The van der Waals surface area contributed by atoms with E-state index >= 15 is 0 Å². The zero-order chi connectivity index (χ0) is 30.1. The van der Waals surface area contributed by atoms with Crippen LogP contribution in [0, 0.1) is 29.6 Å². The van der Waals surface area contributed by atoms with Crippen molar-refractivity contribution in [2.45, 2.75) is 95.9 Å². The van der Waals surface area contributed by atoms with Gasteiger partial charge in [-0.05, 0) is 104 Å². The standard InChI is InChI=1S/C35H50O6Si/c1-35(2,3)42(5,6)41-26-18-28-30-21-33(40-34(37)24-10-8-7-9-11-24)27(29(30)20-32(36)31(28)19-26)16-17-39-22-23-12-14-25(38-4)15-13-23/h7-15,26-33,36H,16-22H2,1-6H3/t26-,27+,28-,29-,30-,31-,32-,33+/m0/s1. The number of hydrogen-bond acceptors (Lipinski definition) is 6. The van der Waals surface area contributed by atoms with Crippen LogP contribution in [0.25, 0.3) is 0 Å². The molecule has 2 aromatic rings. The maximum Gasteiger partial charge on any atom is 0.338 e. The molecular weight excluding hydrogens is 544 g/mol. The number of methoxy groups -OCH3 is 1. The molecule has 0 heterocycles. The van der Waals surface area contributed by atoms with E-state index in [4.69, 9.17) is 18.6 Å². The number of esters is 1. The summed E-state index contributed by atoms with van der Waals surface area (Å²) in [5, 5.41) is 11.6. The zero-order valence-electron chi connectivity index (χ0n) is 26.3. The maximum absolute atomic E-state index is 13.2. The lowest BCUT2D eigenvalue weighted by atomic mass is 9.66. The number of benzene rings is 2. The molecular formula is C35H50O6Si. The Morgan fingerprint density at radius 2 is 1.57 bits per heavy atom. The van der Waals surface area contributed by atoms with E-state index in [-0.39, 0.29) is 41.2 Å². The van der Waals surface area contributed by atoms with Gasteiger partial charge in [0.2, 0.25) is 0 Å². The molecule has 0 amide bonds. The van der Waals surface area contributed by atoms with Crippen molar-refractivity contribution in [1.29, 1.82) is 0 Å². The van der Waals surface area contributed by atoms with E-state index in [0.717, 1.165) is 43.4 Å². The Morgan fingerprint density at radius 3 is 2.24 bits per heavy atom. The second-order valence-electron chi connectivity index (χ2n) is 14.3. The van der Waals surface area contributed by atoms with Gasteiger partial charge in [0.25, 0.3) is 0 Å². The first kappa shape index (κ1) is 31.2. The van der Waals surface area contributed by atoms with Gasteiger partial charge in [-0.25, -0.2) is 4.79 Å². The quantitative estimate of drug-likeness (QED) is 0.177. The largest absolute Gasteiger partial charge is 0.497 e. The third-order valence-electron chi connectivity index (χ3n) is 10.8. The Balaban J connectivity index is 1.28. The first-order chi connectivity index (χ1) is 20.0. The zero-order valence-corrected chi connectivity index (χ0v) is 27.3. The van der Waals surface area contributed by atoms with Gasteiger partial charge in [-0.15, -0.1) is 0 Å². The fourth-order valence-corrected chi connectivity index (χ4v) is 9.01. The van der Waals surface area contributed by atoms with E-state index < -0.39 is 8.32 Å². The van der Waals surface area contributed by atoms with E-state index in [2.05, 4.69) is 33.9 Å². The highest BCUT2D eigenvalue weighted by Crippen LogP contribution is 2.58. The van der Waals surface area contributed by atoms with Crippen molar-refractivity contribution in [3.05, 3.63) is 65.7 Å². The molecule has 3 fully saturated rings. The average Bonchev–Trinajstić information content (AvgIpc) is 3.52. The van der Waals surface area contributed by atoms with E-state index in [1.54, 1.807) is 7.11 Å². The Bertz CT molecular complexity index is 1180. The van der Waals surface area contributed by atoms with E-state index in [9.17, 15) is 9.90 Å². The minimum Gasteiger partial charge on any atom is -0.497 e. The summed E-state index contributed by atoms with van der Waals surface area (Å²) in [4.78, 5) is 13.2. The first-order valence-corrected chi connectivity index (χ1v) is 18.7. The molecule has 0 saturated heterocycles. The molecule has 3 aliphatic rings. The molecule has 0 aliphatic heterocycles. The lowest BCUT2D eigenvalue weighted by Gasteiger charge is -2.41. The normalized spacial score (nSPS) is 30.9. The van der Waals surface area contributed by atoms with Gasteiger partial charge in [0.15, 0.2) is 8.32 Å². The summed E-state index contributed by atoms with van der Waals surface area (Å²) in [6, 6.07) is 17.2. The average molecular weight is 595 g/mol. The second-order valence-corrected chi connectivity index (χ2v) is 19.1. The van der Waals surface area contributed by atoms with Crippen molar-refractivity contribution in [2.75, 3.05) is 13.7 Å². The van der Waals surface area contributed by atoms with E-state index in [1.165, 1.54) is 0 Å². The van der Waals surface area contributed by atoms with Crippen LogP contribution in [0.5, 0.6) is 5.75 Å². The molecule has 0 radical (unpaired) electrons. The Morgan fingerprint density at radius 1 is 0.905 bits per heavy atom. The van der Waals surface area contributed by atoms with E-state index in [0.29, 0.717) is 36.5 Å². The van der Waals surface area contributed by atoms with Crippen LogP contribution in [-0.4, -0.2) is 51.4 Å². The summed E-state index contributed by atoms with van der Waals surface area (Å²) in [7, 11) is -0.240. The van der Waals surface area contributed by atoms with Gasteiger partial charge in [-0.3, -0.25) is 0 Å². The summed E-state index contributed by atoms with van der Waals surface area (Å²) < 4.78 is 24.5. The molecule has 0 bridgehead atoms. The third-order valence-corrected chi connectivity index (χ3v) is 15.4. The molecule has 3 saturated carbocycles. The minimum atomic E-state index is -1.91. The SMILES string of the molecule is COc1ccc(COCC[C@@H]2[C@@H]3C[C@H](O)[C@H]4C[C@@H](O[Si](C)(C)C(C)(C)C)C[C@H]4[C@@H]3C[C@H]2OC(=O)c2ccccc2)cc1. The van der Waals surface area contributed by atoms with Crippen molar-refractivity contribution in [3.8, 4) is 5.75 Å². The monoisotopic (exact) mass is 594 g/mol. The highest BCUT2D eigenvalue weighted by molar-refractivity contribution is 6.74. The van der Waals surface area contributed by atoms with Crippen molar-refractivity contribution < 1.29 is 28.5 Å². The predicted molar refractivity (Wildman–Crippen MR) is 167 cm³/mol. The fraction of sp³-hybridized carbons (Fsp3) is 0.629. The Hall–Kier alpha value is -2.19. The van der Waals surface area contributed by atoms with Crippen LogP contribution in [-0.2, 0) is 20.5 Å². The Kier molecular flexibility index (Phi) is 9.53. The van der Waals surface area contributed by atoms with Gasteiger partial charge in [0, 0.05) is 18.6 Å². The van der Waals surface area contributed by atoms with Crippen LogP contribution in [0.4, 0.5) is 0 Å². The lowest BCUT2D eigenvalue weighted by molar-refractivity contribution is -0.0245. The summed E-state index contributed by atoms with van der Waals surface area (Å²) in [5.74, 6) is 2.13. The Labute approximate surface area is 253 Å². The second kappa shape index (κ2) is 12.8. The summed E-state index contributed by atoms with van der Waals surface area (Å²) in [5.41, 5.74) is 1.69. The molecule has 0 aromatic heterocycles. The molecule has 8 atom stereocenters. The number of ether oxygens (including phenoxy) is 3. The van der Waals surface area contributed by atoms with Gasteiger partial charge >= 0.3 is 5.97 Å². The van der Waals surface area contributed by atoms with Gasteiger partial charge in [0.1, 0.15) is 11.9 Å². The molecule has 6 nitrogen and oxygen atoms in total. The molecule has 0 spiro atoms. The van der Waals surface area contributed by atoms with Crippen molar-refractivity contribution in [3.63, 3.8) is 0 Å². The molecule has 0 unspecified atom stereocenters. The number of rotatable bonds is 10. The number of carbonyl (C=O) groups excluding carboxylic acids is 1. The number of aliphatic hydroxyl groups excluding tert-OH is 1. The van der Waals surface area contributed by atoms with Crippen LogP contribution in [0.15, 0.2) is 54.6 Å². The summed E-state index contributed by atoms with van der Waals surface area (Å²) in [6.45, 7) is 12.6. The predicted octanol–water partition coefficient (Wildman–Crippen LogP) is 7.26. The van der Waals surface area contributed by atoms with Gasteiger partial charge < -0.3 is 23.7 Å². The minimum absolute atomic E-state index is 0.156.